The molecule has 0 fully saturated rings. The van der Waals surface area contributed by atoms with E-state index in [1.165, 1.54) is 74.6 Å². The molecule has 0 amide bonds. The van der Waals surface area contributed by atoms with E-state index in [-0.39, 0.29) is 17.6 Å². The van der Waals surface area contributed by atoms with Crippen molar-refractivity contribution in [1.29, 1.82) is 0 Å². The topological polar surface area (TPSA) is 46.5 Å². The van der Waals surface area contributed by atoms with E-state index < -0.39 is 14.3 Å². The van der Waals surface area contributed by atoms with E-state index in [2.05, 4.69) is 101 Å². The van der Waals surface area contributed by atoms with Gasteiger partial charge in [-0.2, -0.15) is 0 Å². The molecule has 40 heavy (non-hydrogen) atoms. The maximum Gasteiger partial charge on any atom is 0.303 e. The van der Waals surface area contributed by atoms with Crippen molar-refractivity contribution in [2.75, 3.05) is 0 Å². The van der Waals surface area contributed by atoms with Gasteiger partial charge in [0.15, 0.2) is 0 Å². The van der Waals surface area contributed by atoms with Gasteiger partial charge >= 0.3 is 5.97 Å². The van der Waals surface area contributed by atoms with Gasteiger partial charge in [0.05, 0.1) is 0 Å². The molecule has 2 rings (SSSR count). The van der Waals surface area contributed by atoms with E-state index in [4.69, 9.17) is 9.53 Å². The smallest absolute Gasteiger partial charge is 0.303 e. The molecule has 0 saturated heterocycles. The van der Waals surface area contributed by atoms with Crippen LogP contribution < -0.4 is 10.4 Å². The highest BCUT2D eigenvalue weighted by Crippen LogP contribution is 2.38. The Morgan fingerprint density at radius 3 is 1.60 bits per heavy atom. The van der Waals surface area contributed by atoms with E-state index >= 15 is 0 Å². The van der Waals surface area contributed by atoms with Crippen LogP contribution >= 0.6 is 0 Å². The van der Waals surface area contributed by atoms with Crippen LogP contribution in [0.2, 0.25) is 5.04 Å². The molecule has 1 N–H and O–H groups in total. The molecule has 3 nitrogen and oxygen atoms in total. The molecule has 0 aliphatic rings. The molecule has 222 valence electrons. The van der Waals surface area contributed by atoms with Crippen molar-refractivity contribution in [1.82, 2.24) is 0 Å². The molecule has 2 aromatic rings. The second kappa shape index (κ2) is 19.0. The number of unbranched alkanes of at least 4 members (excludes halogenated alkanes) is 11. The summed E-state index contributed by atoms with van der Waals surface area (Å²) in [7, 11) is -2.45. The fraction of sp³-hybridized carbons (Fsp3) is 0.583. The average molecular weight is 565 g/mol. The molecule has 1 unspecified atom stereocenters. The van der Waals surface area contributed by atoms with Gasteiger partial charge in [0.25, 0.3) is 8.32 Å². The number of hydrogen-bond donors (Lipinski definition) is 1. The summed E-state index contributed by atoms with van der Waals surface area (Å²) in [6.07, 6.45) is 22.0. The van der Waals surface area contributed by atoms with Crippen molar-refractivity contribution in [2.24, 2.45) is 0 Å². The van der Waals surface area contributed by atoms with Gasteiger partial charge in [-0.25, -0.2) is 0 Å². The third-order valence-corrected chi connectivity index (χ3v) is 13.1. The quantitative estimate of drug-likeness (QED) is 0.0933. The number of carbonyl (C=O) groups is 1. The minimum atomic E-state index is -2.45. The summed E-state index contributed by atoms with van der Waals surface area (Å²) in [6, 6.07) is 22.0. The molecule has 0 aliphatic carbocycles. The molecule has 0 aromatic heterocycles. The zero-order chi connectivity index (χ0) is 29.1. The van der Waals surface area contributed by atoms with Crippen molar-refractivity contribution in [3.05, 3.63) is 72.8 Å². The van der Waals surface area contributed by atoms with Crippen LogP contribution in [0.5, 0.6) is 0 Å². The Morgan fingerprint density at radius 1 is 0.725 bits per heavy atom. The van der Waals surface area contributed by atoms with E-state index in [0.717, 1.165) is 25.7 Å². The molecule has 0 heterocycles. The van der Waals surface area contributed by atoms with Crippen molar-refractivity contribution < 1.29 is 14.3 Å². The summed E-state index contributed by atoms with van der Waals surface area (Å²) in [5, 5.41) is 11.4. The van der Waals surface area contributed by atoms with Gasteiger partial charge in [-0.3, -0.25) is 4.79 Å². The Bertz CT molecular complexity index is 910. The number of hydrogen-bond acceptors (Lipinski definition) is 2. The van der Waals surface area contributed by atoms with Crippen LogP contribution in [0.1, 0.15) is 124 Å². The fourth-order valence-electron chi connectivity index (χ4n) is 5.77. The molecule has 4 heteroatoms. The third kappa shape index (κ3) is 12.1. The van der Waals surface area contributed by atoms with Crippen molar-refractivity contribution in [3.8, 4) is 0 Å². The Labute approximate surface area is 246 Å². The first-order chi connectivity index (χ1) is 19.3. The first-order valence-corrected chi connectivity index (χ1v) is 17.8. The Balaban J connectivity index is 1.64. The van der Waals surface area contributed by atoms with E-state index in [9.17, 15) is 4.79 Å². The Kier molecular flexibility index (Phi) is 16.2. The molecular weight excluding hydrogens is 508 g/mol. The molecule has 2 aromatic carbocycles. The maximum absolute atomic E-state index is 10.5. The molecule has 0 radical (unpaired) electrons. The normalized spacial score (nSPS) is 13.1. The number of benzene rings is 2. The SMILES string of the molecule is CC(CCCCCCCCCCCC/C=C\CCCC(=O)O)O[Si](c1ccccc1)(c1ccccc1)C(C)(C)C. The molecule has 0 spiro atoms. The standard InChI is InChI=1S/C36H56O3Si/c1-32(26-20-16-14-12-10-8-6-5-7-9-11-13-15-17-25-31-35(37)38)39-40(36(2,3)4,33-27-21-18-22-28-33)34-29-23-19-24-30-34/h13,15,18-19,21-24,27-30,32H,5-12,14,16-17,20,25-26,31H2,1-4H3,(H,37,38)/b15-13-. The summed E-state index contributed by atoms with van der Waals surface area (Å²) in [6.45, 7) is 9.36. The lowest BCUT2D eigenvalue weighted by Crippen LogP contribution is -2.67. The number of rotatable bonds is 21. The van der Waals surface area contributed by atoms with Gasteiger partial charge < -0.3 is 9.53 Å². The van der Waals surface area contributed by atoms with Crippen molar-refractivity contribution in [2.45, 2.75) is 135 Å². The lowest BCUT2D eigenvalue weighted by atomic mass is 10.0. The van der Waals surface area contributed by atoms with Crippen LogP contribution in [0.4, 0.5) is 0 Å². The number of carboxylic acids is 1. The van der Waals surface area contributed by atoms with Crippen LogP contribution in [0.3, 0.4) is 0 Å². The van der Waals surface area contributed by atoms with Gasteiger partial charge in [0.1, 0.15) is 0 Å². The summed E-state index contributed by atoms with van der Waals surface area (Å²) < 4.78 is 7.22. The van der Waals surface area contributed by atoms with Gasteiger partial charge in [-0.1, -0.05) is 151 Å². The monoisotopic (exact) mass is 564 g/mol. The van der Waals surface area contributed by atoms with Crippen molar-refractivity contribution >= 4 is 24.7 Å². The highest BCUT2D eigenvalue weighted by Gasteiger charge is 2.50. The highest BCUT2D eigenvalue weighted by molar-refractivity contribution is 6.99. The largest absolute Gasteiger partial charge is 0.481 e. The third-order valence-electron chi connectivity index (χ3n) is 7.95. The zero-order valence-electron chi connectivity index (χ0n) is 25.9. The summed E-state index contributed by atoms with van der Waals surface area (Å²) in [5.41, 5.74) is 0. The van der Waals surface area contributed by atoms with Crippen molar-refractivity contribution in [3.63, 3.8) is 0 Å². The lowest BCUT2D eigenvalue weighted by Gasteiger charge is -2.44. The predicted molar refractivity (Wildman–Crippen MR) is 174 cm³/mol. The van der Waals surface area contributed by atoms with Crippen LogP contribution in [-0.4, -0.2) is 25.5 Å². The van der Waals surface area contributed by atoms with Crippen LogP contribution in [-0.2, 0) is 9.22 Å². The lowest BCUT2D eigenvalue weighted by molar-refractivity contribution is -0.137. The number of allylic oxidation sites excluding steroid dienone is 2. The first-order valence-electron chi connectivity index (χ1n) is 15.9. The average Bonchev–Trinajstić information content (AvgIpc) is 2.93. The minimum Gasteiger partial charge on any atom is -0.481 e. The van der Waals surface area contributed by atoms with Crippen LogP contribution in [0, 0.1) is 0 Å². The van der Waals surface area contributed by atoms with Gasteiger partial charge in [-0.05, 0) is 54.4 Å². The maximum atomic E-state index is 10.5. The Hall–Kier alpha value is -2.17. The fourth-order valence-corrected chi connectivity index (χ4v) is 10.5. The van der Waals surface area contributed by atoms with E-state index in [1.54, 1.807) is 0 Å². The molecular formula is C36H56O3Si. The number of aliphatic carboxylic acids is 1. The molecule has 0 aliphatic heterocycles. The van der Waals surface area contributed by atoms with Gasteiger partial charge in [0.2, 0.25) is 0 Å². The Morgan fingerprint density at radius 2 is 1.15 bits per heavy atom. The predicted octanol–water partition coefficient (Wildman–Crippen LogP) is 9.44. The van der Waals surface area contributed by atoms with Crippen LogP contribution in [0.25, 0.3) is 0 Å². The second-order valence-electron chi connectivity index (χ2n) is 12.5. The molecule has 1 atom stereocenters. The van der Waals surface area contributed by atoms with Gasteiger partial charge in [-0.15, -0.1) is 0 Å². The zero-order valence-corrected chi connectivity index (χ0v) is 26.9. The molecule has 0 saturated carbocycles. The summed E-state index contributed by atoms with van der Waals surface area (Å²) in [5.74, 6) is -0.695. The summed E-state index contributed by atoms with van der Waals surface area (Å²) >= 11 is 0. The van der Waals surface area contributed by atoms with Gasteiger partial charge in [0, 0.05) is 12.5 Å². The summed E-state index contributed by atoms with van der Waals surface area (Å²) in [4.78, 5) is 10.5. The first kappa shape index (κ1) is 34.0. The van der Waals surface area contributed by atoms with Crippen LogP contribution in [0.15, 0.2) is 72.8 Å². The van der Waals surface area contributed by atoms with E-state index in [1.807, 2.05) is 0 Å². The van der Waals surface area contributed by atoms with E-state index in [0.29, 0.717) is 0 Å². The molecule has 0 bridgehead atoms. The number of carboxylic acid groups (broad SMARTS) is 1. The second-order valence-corrected chi connectivity index (χ2v) is 16.7. The highest BCUT2D eigenvalue weighted by atomic mass is 28.4. The minimum absolute atomic E-state index is 0.0317.